The van der Waals surface area contributed by atoms with Gasteiger partial charge < -0.3 is 14.4 Å². The van der Waals surface area contributed by atoms with E-state index < -0.39 is 0 Å². The first kappa shape index (κ1) is 23.1. The third-order valence-electron chi connectivity index (χ3n) is 6.88. The number of hydrogen-bond donors (Lipinski definition) is 0. The molecule has 0 aromatic carbocycles. The normalized spacial score (nSPS) is 30.0. The first-order chi connectivity index (χ1) is 16.0. The van der Waals surface area contributed by atoms with Crippen molar-refractivity contribution in [2.75, 3.05) is 26.4 Å². The van der Waals surface area contributed by atoms with Crippen LogP contribution in [0.15, 0.2) is 69.2 Å². The van der Waals surface area contributed by atoms with Crippen molar-refractivity contribution in [1.82, 2.24) is 9.80 Å². The van der Waals surface area contributed by atoms with E-state index in [0.717, 1.165) is 54.4 Å². The van der Waals surface area contributed by atoms with E-state index in [1.807, 2.05) is 29.2 Å². The lowest BCUT2D eigenvalue weighted by molar-refractivity contribution is -0.133. The first-order valence-electron chi connectivity index (χ1n) is 11.4. The molecule has 0 saturated carbocycles. The molecule has 33 heavy (non-hydrogen) atoms. The lowest BCUT2D eigenvalue weighted by Crippen LogP contribution is -2.58. The van der Waals surface area contributed by atoms with E-state index in [1.165, 1.54) is 5.57 Å². The molecular weight excluding hydrogens is 483 g/mol. The molecule has 0 spiro atoms. The van der Waals surface area contributed by atoms with Crippen molar-refractivity contribution in [1.29, 1.82) is 0 Å². The van der Waals surface area contributed by atoms with Crippen molar-refractivity contribution in [2.45, 2.75) is 49.6 Å². The number of rotatable bonds is 4. The SMILES string of the molecule is O=C(CC1=CC2=C(CC1)OCO2)N1CCN(C2CC=C(Cl)C=C2Cl)C(C2=CCC(Cl)C=C2)C1. The topological polar surface area (TPSA) is 42.0 Å². The summed E-state index contributed by atoms with van der Waals surface area (Å²) >= 11 is 19.1. The van der Waals surface area contributed by atoms with Crippen LogP contribution in [-0.2, 0) is 14.3 Å². The Hall–Kier alpha value is -1.66. The fourth-order valence-corrected chi connectivity index (χ4v) is 5.84. The summed E-state index contributed by atoms with van der Waals surface area (Å²) in [5, 5.41) is 1.44. The van der Waals surface area contributed by atoms with E-state index in [4.69, 9.17) is 44.3 Å². The molecule has 3 unspecified atom stereocenters. The third-order valence-corrected chi connectivity index (χ3v) is 7.82. The first-order valence-corrected chi connectivity index (χ1v) is 12.6. The summed E-state index contributed by atoms with van der Waals surface area (Å²) in [6.07, 6.45) is 15.8. The number of hydrogen-bond acceptors (Lipinski definition) is 4. The molecule has 5 aliphatic rings. The van der Waals surface area contributed by atoms with E-state index in [0.29, 0.717) is 24.5 Å². The quantitative estimate of drug-likeness (QED) is 0.480. The molecule has 0 N–H and O–H groups in total. The summed E-state index contributed by atoms with van der Waals surface area (Å²) < 4.78 is 11.0. The molecule has 3 aliphatic carbocycles. The monoisotopic (exact) mass is 508 g/mol. The number of halogens is 3. The molecule has 0 bridgehead atoms. The molecule has 5 rings (SSSR count). The summed E-state index contributed by atoms with van der Waals surface area (Å²) in [5.74, 6) is 1.84. The predicted molar refractivity (Wildman–Crippen MR) is 131 cm³/mol. The van der Waals surface area contributed by atoms with Crippen LogP contribution in [0.1, 0.15) is 32.1 Å². The molecule has 8 heteroatoms. The Morgan fingerprint density at radius 2 is 1.94 bits per heavy atom. The molecule has 176 valence electrons. The number of piperazine rings is 1. The van der Waals surface area contributed by atoms with Gasteiger partial charge in [-0.3, -0.25) is 9.69 Å². The highest BCUT2D eigenvalue weighted by Crippen LogP contribution is 2.34. The van der Waals surface area contributed by atoms with Crippen molar-refractivity contribution < 1.29 is 14.3 Å². The molecule has 1 amide bonds. The maximum Gasteiger partial charge on any atom is 0.230 e. The molecule has 2 aliphatic heterocycles. The van der Waals surface area contributed by atoms with E-state index in [-0.39, 0.29) is 30.2 Å². The molecule has 0 radical (unpaired) electrons. The lowest BCUT2D eigenvalue weighted by atomic mass is 9.93. The molecule has 2 heterocycles. The van der Waals surface area contributed by atoms with Gasteiger partial charge in [-0.25, -0.2) is 0 Å². The minimum atomic E-state index is 0.0163. The molecular formula is C25H27Cl3N2O3. The van der Waals surface area contributed by atoms with Crippen molar-refractivity contribution in [3.8, 4) is 0 Å². The van der Waals surface area contributed by atoms with Gasteiger partial charge in [0.25, 0.3) is 0 Å². The number of nitrogens with zero attached hydrogens (tertiary/aromatic N) is 2. The maximum absolute atomic E-state index is 13.3. The molecule has 0 aromatic rings. The Kier molecular flexibility index (Phi) is 6.94. The average molecular weight is 510 g/mol. The third kappa shape index (κ3) is 5.07. The van der Waals surface area contributed by atoms with Crippen molar-refractivity contribution in [3.63, 3.8) is 0 Å². The maximum atomic E-state index is 13.3. The zero-order valence-electron chi connectivity index (χ0n) is 18.3. The van der Waals surface area contributed by atoms with Crippen LogP contribution in [0.25, 0.3) is 0 Å². The van der Waals surface area contributed by atoms with Crippen molar-refractivity contribution in [2.24, 2.45) is 0 Å². The number of carbonyl (C=O) groups is 1. The van der Waals surface area contributed by atoms with Crippen LogP contribution in [0.4, 0.5) is 0 Å². The van der Waals surface area contributed by atoms with Crippen LogP contribution in [0.2, 0.25) is 0 Å². The van der Waals surface area contributed by atoms with Gasteiger partial charge in [0.05, 0.1) is 11.4 Å². The van der Waals surface area contributed by atoms with Crippen LogP contribution in [-0.4, -0.2) is 59.6 Å². The second-order valence-corrected chi connectivity index (χ2v) is 10.4. The van der Waals surface area contributed by atoms with Gasteiger partial charge in [-0.05, 0) is 37.0 Å². The van der Waals surface area contributed by atoms with Gasteiger partial charge in [-0.2, -0.15) is 0 Å². The minimum absolute atomic E-state index is 0.0163. The Balaban J connectivity index is 1.32. The number of alkyl halides is 1. The zero-order valence-corrected chi connectivity index (χ0v) is 20.6. The second kappa shape index (κ2) is 9.91. The Morgan fingerprint density at radius 1 is 1.06 bits per heavy atom. The van der Waals surface area contributed by atoms with E-state index in [1.54, 1.807) is 0 Å². The summed E-state index contributed by atoms with van der Waals surface area (Å²) in [7, 11) is 0. The van der Waals surface area contributed by atoms with Gasteiger partial charge in [0.2, 0.25) is 12.7 Å². The van der Waals surface area contributed by atoms with Gasteiger partial charge in [-0.15, -0.1) is 11.6 Å². The highest BCUT2D eigenvalue weighted by atomic mass is 35.5. The van der Waals surface area contributed by atoms with E-state index in [9.17, 15) is 4.79 Å². The predicted octanol–water partition coefficient (Wildman–Crippen LogP) is 5.34. The smallest absolute Gasteiger partial charge is 0.230 e. The molecule has 3 atom stereocenters. The van der Waals surface area contributed by atoms with E-state index in [2.05, 4.69) is 17.1 Å². The van der Waals surface area contributed by atoms with E-state index >= 15 is 0 Å². The Bertz CT molecular complexity index is 1010. The number of amides is 1. The Labute approximate surface area is 209 Å². The summed E-state index contributed by atoms with van der Waals surface area (Å²) in [6, 6.07) is 0.118. The molecule has 5 nitrogen and oxygen atoms in total. The molecule has 1 fully saturated rings. The van der Waals surface area contributed by atoms with Gasteiger partial charge in [0.15, 0.2) is 5.76 Å². The summed E-state index contributed by atoms with van der Waals surface area (Å²) in [5.41, 5.74) is 2.29. The number of carbonyl (C=O) groups excluding carboxylic acids is 1. The zero-order chi connectivity index (χ0) is 22.9. The van der Waals surface area contributed by atoms with Crippen molar-refractivity contribution >= 4 is 40.7 Å². The highest BCUT2D eigenvalue weighted by molar-refractivity contribution is 6.35. The Morgan fingerprint density at radius 3 is 2.73 bits per heavy atom. The highest BCUT2D eigenvalue weighted by Gasteiger charge is 2.37. The van der Waals surface area contributed by atoms with Gasteiger partial charge in [0.1, 0.15) is 5.76 Å². The average Bonchev–Trinajstić information content (AvgIpc) is 3.27. The second-order valence-electron chi connectivity index (χ2n) is 8.95. The van der Waals surface area contributed by atoms with Gasteiger partial charge >= 0.3 is 0 Å². The van der Waals surface area contributed by atoms with Gasteiger partial charge in [-0.1, -0.05) is 53.1 Å². The standard InChI is InChI=1S/C25H27Cl3N2O3/c26-18-4-2-17(3-5-18)22-14-29(9-10-30(22)21-7-6-19(27)13-20(21)28)25(31)12-16-1-8-23-24(11-16)33-15-32-23/h2-4,6,11,13,18,21-22H,1,5,7-10,12,14-15H2. The fraction of sp³-hybridized carbons (Fsp3) is 0.480. The number of ether oxygens (including phenoxy) is 2. The largest absolute Gasteiger partial charge is 0.458 e. The summed E-state index contributed by atoms with van der Waals surface area (Å²) in [4.78, 5) is 17.7. The lowest BCUT2D eigenvalue weighted by Gasteiger charge is -2.46. The summed E-state index contributed by atoms with van der Waals surface area (Å²) in [6.45, 7) is 2.32. The fourth-order valence-electron chi connectivity index (χ4n) is 5.08. The minimum Gasteiger partial charge on any atom is -0.458 e. The van der Waals surface area contributed by atoms with Crippen LogP contribution in [0.5, 0.6) is 0 Å². The van der Waals surface area contributed by atoms with Crippen LogP contribution in [0, 0.1) is 0 Å². The van der Waals surface area contributed by atoms with Crippen LogP contribution >= 0.6 is 34.8 Å². The number of allylic oxidation sites excluding steroid dienone is 6. The molecule has 1 saturated heterocycles. The van der Waals surface area contributed by atoms with Crippen LogP contribution < -0.4 is 0 Å². The van der Waals surface area contributed by atoms with Gasteiger partial charge in [0, 0.05) is 48.6 Å². The van der Waals surface area contributed by atoms with Crippen LogP contribution in [0.3, 0.4) is 0 Å². The molecule has 0 aromatic heterocycles. The van der Waals surface area contributed by atoms with Crippen molar-refractivity contribution in [3.05, 3.63) is 69.2 Å².